The highest BCUT2D eigenvalue weighted by Crippen LogP contribution is 2.49. The fourth-order valence-corrected chi connectivity index (χ4v) is 9.32. The first-order chi connectivity index (χ1) is 33.7. The van der Waals surface area contributed by atoms with Gasteiger partial charge in [-0.1, -0.05) is 48.0 Å². The lowest BCUT2D eigenvalue weighted by atomic mass is 9.65. The Kier molecular flexibility index (Phi) is 21.0. The quantitative estimate of drug-likeness (QED) is 0.0260. The number of rotatable bonds is 27. The molecule has 70 heavy (non-hydrogen) atoms. The number of ether oxygens (including phenoxy) is 7. The van der Waals surface area contributed by atoms with E-state index in [2.05, 4.69) is 9.68 Å². The Hall–Kier alpha value is -4.98. The van der Waals surface area contributed by atoms with Gasteiger partial charge in [-0.25, -0.2) is 28.0 Å². The van der Waals surface area contributed by atoms with Crippen molar-refractivity contribution in [2.24, 2.45) is 11.8 Å². The predicted molar refractivity (Wildman–Crippen MR) is 239 cm³/mol. The zero-order valence-electron chi connectivity index (χ0n) is 39.0. The second-order valence-corrected chi connectivity index (χ2v) is 17.5. The summed E-state index contributed by atoms with van der Waals surface area (Å²) in [7, 11) is 1.60. The van der Waals surface area contributed by atoms with E-state index in [-0.39, 0.29) is 102 Å². The van der Waals surface area contributed by atoms with Gasteiger partial charge in [0.1, 0.15) is 29.8 Å². The summed E-state index contributed by atoms with van der Waals surface area (Å²) in [5.74, 6) is -2.69. The molecule has 0 spiro atoms. The van der Waals surface area contributed by atoms with Crippen molar-refractivity contribution in [2.75, 3.05) is 73.2 Å². The van der Waals surface area contributed by atoms with Crippen molar-refractivity contribution in [1.82, 2.24) is 20.6 Å². The van der Waals surface area contributed by atoms with Gasteiger partial charge < -0.3 is 43.0 Å². The number of hydrogen-bond acceptors (Lipinski definition) is 18. The Morgan fingerprint density at radius 3 is 2.04 bits per heavy atom. The van der Waals surface area contributed by atoms with Crippen molar-refractivity contribution in [3.05, 3.63) is 93.5 Å². The average molecular weight is 1010 g/mol. The highest BCUT2D eigenvalue weighted by Gasteiger charge is 2.54. The van der Waals surface area contributed by atoms with Crippen molar-refractivity contribution >= 4 is 29.8 Å². The van der Waals surface area contributed by atoms with Crippen LogP contribution in [0.25, 0.3) is 0 Å². The Balaban J connectivity index is 1.22. The first-order valence-electron chi connectivity index (χ1n) is 23.0. The van der Waals surface area contributed by atoms with E-state index >= 15 is 4.79 Å². The topological polar surface area (TPSA) is 228 Å². The smallest absolute Gasteiger partial charge is 0.496 e. The van der Waals surface area contributed by atoms with Gasteiger partial charge in [0, 0.05) is 24.7 Å². The van der Waals surface area contributed by atoms with Crippen LogP contribution in [0.3, 0.4) is 0 Å². The third-order valence-corrected chi connectivity index (χ3v) is 12.7. The molecule has 20 nitrogen and oxygen atoms in total. The molecule has 2 amide bonds. The van der Waals surface area contributed by atoms with Crippen LogP contribution < -0.4 is 9.47 Å². The maximum Gasteiger partial charge on any atom is 0.508 e. The third kappa shape index (κ3) is 15.8. The van der Waals surface area contributed by atoms with Crippen molar-refractivity contribution in [1.29, 1.82) is 0 Å². The number of methoxy groups -OCH3 is 1. The third-order valence-electron chi connectivity index (χ3n) is 12.4. The number of fused-ring (bicyclic) bond motifs is 2. The van der Waals surface area contributed by atoms with Gasteiger partial charge in [-0.3, -0.25) is 25.6 Å². The molecule has 3 aliphatic rings. The summed E-state index contributed by atoms with van der Waals surface area (Å²) >= 11 is 5.94. The second kappa shape index (κ2) is 27.0. The standard InChI is InChI=1S/C47H61ClF2N4O16/c1-30-24-32(7-14-41(30)62-2)28-51(35-10-11-35)45(55)42-37(34-8-5-31(6-9-34)4-3-15-65-44-39(50)13-12-38(49)43(44)48)27-36-25-33(29-68-47(57)67-21-17-64-19-23-70-54(60)61)26-40(42)52(36)46(56)66-20-16-63-18-22-69-53(58)59/h5-9,12-14,24,33,35-37,40,42,58-61H,3-4,10-11,15-23,25-29H2,1-2H3. The van der Waals surface area contributed by atoms with E-state index < -0.39 is 57.7 Å². The van der Waals surface area contributed by atoms with Crippen LogP contribution >= 0.6 is 11.6 Å². The summed E-state index contributed by atoms with van der Waals surface area (Å²) < 4.78 is 66.5. The summed E-state index contributed by atoms with van der Waals surface area (Å²) in [6.07, 6.45) is 2.12. The van der Waals surface area contributed by atoms with Gasteiger partial charge in [-0.15, -0.1) is 0 Å². The van der Waals surface area contributed by atoms with Crippen molar-refractivity contribution < 1.29 is 86.8 Å². The monoisotopic (exact) mass is 1010 g/mol. The van der Waals surface area contributed by atoms with Crippen molar-refractivity contribution in [3.63, 3.8) is 0 Å². The molecular weight excluding hydrogens is 950 g/mol. The normalized spacial score (nSPS) is 19.8. The van der Waals surface area contributed by atoms with Crippen LogP contribution in [0.4, 0.5) is 18.4 Å². The number of carbonyl (C=O) groups is 3. The fourth-order valence-electron chi connectivity index (χ4n) is 9.12. The van der Waals surface area contributed by atoms with Crippen LogP contribution in [0.2, 0.25) is 5.02 Å². The first-order valence-corrected chi connectivity index (χ1v) is 23.4. The molecule has 1 aliphatic carbocycles. The highest BCUT2D eigenvalue weighted by atomic mass is 35.5. The van der Waals surface area contributed by atoms with E-state index in [1.54, 1.807) is 12.0 Å². The molecule has 3 fully saturated rings. The van der Waals surface area contributed by atoms with Crippen LogP contribution in [-0.2, 0) is 51.1 Å². The number of benzene rings is 3. The molecule has 2 aliphatic heterocycles. The summed E-state index contributed by atoms with van der Waals surface area (Å²) in [6, 6.07) is 14.4. The molecule has 3 aromatic rings. The van der Waals surface area contributed by atoms with Crippen LogP contribution in [0.15, 0.2) is 54.6 Å². The fraction of sp³-hybridized carbons (Fsp3) is 0.553. The molecule has 2 heterocycles. The molecule has 5 unspecified atom stereocenters. The van der Waals surface area contributed by atoms with Gasteiger partial charge in [0.2, 0.25) is 5.91 Å². The minimum absolute atomic E-state index is 0.00705. The molecule has 4 N–H and O–H groups in total. The average Bonchev–Trinajstić information content (AvgIpc) is 4.18. The van der Waals surface area contributed by atoms with Gasteiger partial charge in [0.15, 0.2) is 11.6 Å². The number of amides is 2. The van der Waals surface area contributed by atoms with E-state index in [0.717, 1.165) is 53.0 Å². The zero-order chi connectivity index (χ0) is 50.2. The summed E-state index contributed by atoms with van der Waals surface area (Å²) in [5, 5.41) is 33.5. The molecule has 6 rings (SSSR count). The van der Waals surface area contributed by atoms with Crippen molar-refractivity contribution in [2.45, 2.75) is 82.5 Å². The molecule has 3 aromatic carbocycles. The van der Waals surface area contributed by atoms with E-state index in [1.807, 2.05) is 54.3 Å². The Labute approximate surface area is 408 Å². The summed E-state index contributed by atoms with van der Waals surface area (Å²) in [5.41, 5.74) is 3.67. The number of nitrogens with zero attached hydrogens (tertiary/aromatic N) is 4. The molecule has 2 bridgehead atoms. The molecule has 1 saturated carbocycles. The maximum absolute atomic E-state index is 15.5. The number of halogens is 3. The SMILES string of the molecule is COc1ccc(CN(C(=O)C2C(c3ccc(CCCOc4c(F)ccc(F)c4Cl)cc3)CC3CC(COC(=O)OCCOCCON(O)O)CC2N3C(=O)OCCOCCON(O)O)C2CC2)cc1C. The Morgan fingerprint density at radius 2 is 1.40 bits per heavy atom. The van der Waals surface area contributed by atoms with Crippen LogP contribution in [0.5, 0.6) is 11.5 Å². The molecule has 386 valence electrons. The van der Waals surface area contributed by atoms with E-state index in [4.69, 9.17) is 65.6 Å². The molecule has 2 saturated heterocycles. The Morgan fingerprint density at radius 1 is 0.757 bits per heavy atom. The maximum atomic E-state index is 15.5. The molecule has 0 aromatic heterocycles. The highest BCUT2D eigenvalue weighted by molar-refractivity contribution is 6.32. The second-order valence-electron chi connectivity index (χ2n) is 17.1. The van der Waals surface area contributed by atoms with Crippen LogP contribution in [-0.4, -0.2) is 151 Å². The van der Waals surface area contributed by atoms with Crippen molar-refractivity contribution in [3.8, 4) is 11.5 Å². The first kappa shape index (κ1) is 54.4. The van der Waals surface area contributed by atoms with Gasteiger partial charge in [0.25, 0.3) is 0 Å². The van der Waals surface area contributed by atoms with Gasteiger partial charge in [-0.2, -0.15) is 0 Å². The van der Waals surface area contributed by atoms with Crippen LogP contribution in [0.1, 0.15) is 66.7 Å². The lowest BCUT2D eigenvalue weighted by Crippen LogP contribution is -2.63. The van der Waals surface area contributed by atoms with Gasteiger partial charge in [0.05, 0.1) is 76.7 Å². The number of aryl methyl sites for hydroxylation is 2. The van der Waals surface area contributed by atoms with E-state index in [9.17, 15) is 18.4 Å². The zero-order valence-corrected chi connectivity index (χ0v) is 39.8. The van der Waals surface area contributed by atoms with Crippen LogP contribution in [0, 0.1) is 30.4 Å². The largest absolute Gasteiger partial charge is 0.508 e. The molecular formula is C47H61ClF2N4O16. The van der Waals surface area contributed by atoms with E-state index in [1.165, 1.54) is 0 Å². The molecule has 0 radical (unpaired) electrons. The number of hydrogen-bond donors (Lipinski definition) is 4. The predicted octanol–water partition coefficient (Wildman–Crippen LogP) is 7.04. The lowest BCUT2D eigenvalue weighted by molar-refractivity contribution is -0.493. The summed E-state index contributed by atoms with van der Waals surface area (Å²) in [4.78, 5) is 55.0. The van der Waals surface area contributed by atoms with Gasteiger partial charge in [-0.05, 0) is 104 Å². The molecule has 23 heteroatoms. The number of piperidine rings is 2. The van der Waals surface area contributed by atoms with Gasteiger partial charge >= 0.3 is 12.2 Å². The Bertz CT molecular complexity index is 2160. The lowest BCUT2D eigenvalue weighted by Gasteiger charge is -2.54. The minimum atomic E-state index is -0.934. The summed E-state index contributed by atoms with van der Waals surface area (Å²) in [6.45, 7) is 1.61. The molecule has 5 atom stereocenters. The van der Waals surface area contributed by atoms with E-state index in [0.29, 0.717) is 32.2 Å². The number of carbonyl (C=O) groups excluding carboxylic acids is 3. The minimum Gasteiger partial charge on any atom is -0.496 e.